The summed E-state index contributed by atoms with van der Waals surface area (Å²) in [6.07, 6.45) is 1.56. The molecule has 0 amide bonds. The normalized spacial score (nSPS) is 15.0. The van der Waals surface area contributed by atoms with Crippen molar-refractivity contribution in [2.24, 2.45) is 0 Å². The number of fused-ring (bicyclic) bond motifs is 1. The minimum Gasteiger partial charge on any atom is -0.466 e. The lowest BCUT2D eigenvalue weighted by Crippen LogP contribution is -2.38. The van der Waals surface area contributed by atoms with Crippen LogP contribution >= 0.6 is 0 Å². The molecule has 1 aliphatic rings. The number of anilines is 1. The monoisotopic (exact) mass is 317 g/mol. The number of hydrogen-bond donors (Lipinski definition) is 0. The van der Waals surface area contributed by atoms with Crippen molar-refractivity contribution in [1.29, 1.82) is 0 Å². The molecule has 0 saturated heterocycles. The summed E-state index contributed by atoms with van der Waals surface area (Å²) in [7, 11) is 2.51. The standard InChI is InChI=1S/C16H15NO6/c1-20-15(18)11-8-22-9-17(14(11)16(19)21-2)12-4-3-5-13-10(12)6-7-23-13/h3-7H,8-9H2,1-2H3. The van der Waals surface area contributed by atoms with E-state index in [9.17, 15) is 9.59 Å². The Labute approximate surface area is 132 Å². The second-order valence-corrected chi connectivity index (χ2v) is 4.83. The zero-order valence-electron chi connectivity index (χ0n) is 12.7. The third-order valence-corrected chi connectivity index (χ3v) is 3.60. The van der Waals surface area contributed by atoms with Gasteiger partial charge in [0.1, 0.15) is 18.0 Å². The molecule has 7 heteroatoms. The predicted molar refractivity (Wildman–Crippen MR) is 80.6 cm³/mol. The smallest absolute Gasteiger partial charge is 0.355 e. The first-order valence-electron chi connectivity index (χ1n) is 6.88. The fourth-order valence-electron chi connectivity index (χ4n) is 2.55. The number of benzene rings is 1. The highest BCUT2D eigenvalue weighted by molar-refractivity contribution is 6.05. The summed E-state index contributed by atoms with van der Waals surface area (Å²) in [5, 5.41) is 0.795. The largest absolute Gasteiger partial charge is 0.466 e. The summed E-state index contributed by atoms with van der Waals surface area (Å²) < 4.78 is 20.4. The molecule has 1 aromatic carbocycles. The Kier molecular flexibility index (Phi) is 4.03. The summed E-state index contributed by atoms with van der Waals surface area (Å²) in [6, 6.07) is 7.20. The Bertz CT molecular complexity index is 791. The lowest BCUT2D eigenvalue weighted by atomic mass is 10.1. The number of furan rings is 1. The van der Waals surface area contributed by atoms with E-state index in [-0.39, 0.29) is 24.6 Å². The van der Waals surface area contributed by atoms with Crippen molar-refractivity contribution in [1.82, 2.24) is 0 Å². The average Bonchev–Trinajstić information content (AvgIpc) is 3.08. The van der Waals surface area contributed by atoms with Gasteiger partial charge in [0, 0.05) is 5.39 Å². The highest BCUT2D eigenvalue weighted by Crippen LogP contribution is 2.33. The maximum atomic E-state index is 12.2. The van der Waals surface area contributed by atoms with E-state index in [0.717, 1.165) is 5.39 Å². The molecule has 0 unspecified atom stereocenters. The molecule has 1 aliphatic heterocycles. The van der Waals surface area contributed by atoms with Crippen LogP contribution in [0.1, 0.15) is 0 Å². The van der Waals surface area contributed by atoms with E-state index >= 15 is 0 Å². The number of nitrogens with zero attached hydrogens (tertiary/aromatic N) is 1. The molecule has 7 nitrogen and oxygen atoms in total. The molecule has 2 aromatic rings. The van der Waals surface area contributed by atoms with E-state index in [4.69, 9.17) is 18.6 Å². The SMILES string of the molecule is COC(=O)C1=C(C(=O)OC)N(c2cccc3occc23)COC1. The van der Waals surface area contributed by atoms with E-state index in [1.54, 1.807) is 23.3 Å². The summed E-state index contributed by atoms with van der Waals surface area (Å²) in [6.45, 7) is 0.0875. The summed E-state index contributed by atoms with van der Waals surface area (Å²) in [5.74, 6) is -1.26. The van der Waals surface area contributed by atoms with Crippen molar-refractivity contribution >= 4 is 28.6 Å². The van der Waals surface area contributed by atoms with Crippen LogP contribution in [-0.2, 0) is 23.8 Å². The van der Waals surface area contributed by atoms with Gasteiger partial charge in [-0.2, -0.15) is 0 Å². The van der Waals surface area contributed by atoms with Gasteiger partial charge in [0.25, 0.3) is 0 Å². The third-order valence-electron chi connectivity index (χ3n) is 3.60. The highest BCUT2D eigenvalue weighted by atomic mass is 16.5. The van der Waals surface area contributed by atoms with Gasteiger partial charge in [0.15, 0.2) is 0 Å². The van der Waals surface area contributed by atoms with Gasteiger partial charge >= 0.3 is 11.9 Å². The number of rotatable bonds is 3. The Balaban J connectivity index is 2.18. The number of methoxy groups -OCH3 is 2. The lowest BCUT2D eigenvalue weighted by Gasteiger charge is -2.31. The van der Waals surface area contributed by atoms with E-state index < -0.39 is 11.9 Å². The Morgan fingerprint density at radius 2 is 1.91 bits per heavy atom. The molecular formula is C16H15NO6. The van der Waals surface area contributed by atoms with Gasteiger partial charge in [-0.3, -0.25) is 0 Å². The van der Waals surface area contributed by atoms with Crippen LogP contribution in [0.3, 0.4) is 0 Å². The fraction of sp³-hybridized carbons (Fsp3) is 0.250. The van der Waals surface area contributed by atoms with Crippen molar-refractivity contribution in [2.45, 2.75) is 0 Å². The van der Waals surface area contributed by atoms with Gasteiger partial charge in [0.2, 0.25) is 0 Å². The maximum absolute atomic E-state index is 12.2. The van der Waals surface area contributed by atoms with Crippen LogP contribution in [0, 0.1) is 0 Å². The molecule has 0 radical (unpaired) electrons. The first kappa shape index (κ1) is 15.1. The number of ether oxygens (including phenoxy) is 3. The predicted octanol–water partition coefficient (Wildman–Crippen LogP) is 1.83. The molecule has 0 fully saturated rings. The fourth-order valence-corrected chi connectivity index (χ4v) is 2.55. The van der Waals surface area contributed by atoms with Crippen LogP contribution in [0.15, 0.2) is 46.2 Å². The second kappa shape index (κ2) is 6.13. The highest BCUT2D eigenvalue weighted by Gasteiger charge is 2.33. The minimum atomic E-state index is -0.630. The van der Waals surface area contributed by atoms with E-state index in [1.165, 1.54) is 14.2 Å². The van der Waals surface area contributed by atoms with E-state index in [0.29, 0.717) is 11.3 Å². The Morgan fingerprint density at radius 1 is 1.13 bits per heavy atom. The average molecular weight is 317 g/mol. The lowest BCUT2D eigenvalue weighted by molar-refractivity contribution is -0.140. The number of carbonyl (C=O) groups is 2. The van der Waals surface area contributed by atoms with Crippen molar-refractivity contribution in [2.75, 3.05) is 32.5 Å². The Hall–Kier alpha value is -2.80. The second-order valence-electron chi connectivity index (χ2n) is 4.83. The van der Waals surface area contributed by atoms with Gasteiger partial charge in [0.05, 0.1) is 38.4 Å². The van der Waals surface area contributed by atoms with Gasteiger partial charge in [-0.25, -0.2) is 9.59 Å². The molecule has 0 bridgehead atoms. The van der Waals surface area contributed by atoms with Crippen LogP contribution in [0.5, 0.6) is 0 Å². The zero-order chi connectivity index (χ0) is 16.4. The molecule has 1 aromatic heterocycles. The molecule has 23 heavy (non-hydrogen) atoms. The van der Waals surface area contributed by atoms with Crippen molar-refractivity contribution in [3.63, 3.8) is 0 Å². The first-order valence-corrected chi connectivity index (χ1v) is 6.88. The number of esters is 2. The van der Waals surface area contributed by atoms with Crippen LogP contribution in [0.25, 0.3) is 11.0 Å². The maximum Gasteiger partial charge on any atom is 0.355 e. The van der Waals surface area contributed by atoms with Crippen LogP contribution in [0.4, 0.5) is 5.69 Å². The molecule has 0 atom stereocenters. The van der Waals surface area contributed by atoms with Crippen LogP contribution < -0.4 is 4.90 Å². The summed E-state index contributed by atoms with van der Waals surface area (Å²) in [5.41, 5.74) is 1.57. The van der Waals surface area contributed by atoms with Gasteiger partial charge < -0.3 is 23.5 Å². The molecule has 2 heterocycles. The Morgan fingerprint density at radius 3 is 2.65 bits per heavy atom. The zero-order valence-corrected chi connectivity index (χ0v) is 12.7. The molecule has 0 spiro atoms. The van der Waals surface area contributed by atoms with Crippen LogP contribution in [0.2, 0.25) is 0 Å². The molecular weight excluding hydrogens is 302 g/mol. The van der Waals surface area contributed by atoms with Crippen molar-refractivity contribution in [3.05, 3.63) is 41.8 Å². The molecule has 0 saturated carbocycles. The van der Waals surface area contributed by atoms with Gasteiger partial charge in [-0.1, -0.05) is 6.07 Å². The summed E-state index contributed by atoms with van der Waals surface area (Å²) >= 11 is 0. The van der Waals surface area contributed by atoms with Gasteiger partial charge in [-0.15, -0.1) is 0 Å². The first-order chi connectivity index (χ1) is 11.2. The molecule has 0 N–H and O–H groups in total. The summed E-state index contributed by atoms with van der Waals surface area (Å²) in [4.78, 5) is 25.8. The van der Waals surface area contributed by atoms with Crippen LogP contribution in [-0.4, -0.2) is 39.5 Å². The minimum absolute atomic E-state index is 0.0189. The van der Waals surface area contributed by atoms with Crippen molar-refractivity contribution in [3.8, 4) is 0 Å². The topological polar surface area (TPSA) is 78.2 Å². The van der Waals surface area contributed by atoms with Gasteiger partial charge in [-0.05, 0) is 18.2 Å². The molecule has 120 valence electrons. The molecule has 3 rings (SSSR count). The van der Waals surface area contributed by atoms with Crippen molar-refractivity contribution < 1.29 is 28.2 Å². The third kappa shape index (κ3) is 2.55. The molecule has 0 aliphatic carbocycles. The number of hydrogen-bond acceptors (Lipinski definition) is 7. The van der Waals surface area contributed by atoms with E-state index in [2.05, 4.69) is 0 Å². The number of carbonyl (C=O) groups excluding carboxylic acids is 2. The van der Waals surface area contributed by atoms with E-state index in [1.807, 2.05) is 12.1 Å². The quantitative estimate of drug-likeness (QED) is 0.799.